The van der Waals surface area contributed by atoms with E-state index in [2.05, 4.69) is 41.8 Å². The summed E-state index contributed by atoms with van der Waals surface area (Å²) in [6.45, 7) is 1.91. The fourth-order valence-corrected chi connectivity index (χ4v) is 1.64. The van der Waals surface area contributed by atoms with Crippen molar-refractivity contribution in [1.29, 1.82) is 0 Å². The van der Waals surface area contributed by atoms with E-state index in [0.29, 0.717) is 12.2 Å². The molecule has 1 aromatic rings. The first-order valence-electron chi connectivity index (χ1n) is 3.02. The number of hydrogen-bond donors (Lipinski definition) is 0. The monoisotopic (exact) mass is 282 g/mol. The molecule has 0 spiro atoms. The lowest BCUT2D eigenvalue weighted by molar-refractivity contribution is 0.590. The molecule has 0 saturated carbocycles. The first kappa shape index (κ1) is 9.06. The SMILES string of the molecule is CCc1nc(Br)c(F)c(Br)n1. The summed E-state index contributed by atoms with van der Waals surface area (Å²) in [6, 6.07) is 0. The summed E-state index contributed by atoms with van der Waals surface area (Å²) < 4.78 is 13.2. The van der Waals surface area contributed by atoms with Crippen LogP contribution >= 0.6 is 31.9 Å². The van der Waals surface area contributed by atoms with Crippen LogP contribution in [0.25, 0.3) is 0 Å². The lowest BCUT2D eigenvalue weighted by atomic mass is 10.4. The van der Waals surface area contributed by atoms with Gasteiger partial charge in [-0.05, 0) is 31.9 Å². The van der Waals surface area contributed by atoms with Gasteiger partial charge in [-0.15, -0.1) is 0 Å². The van der Waals surface area contributed by atoms with Crippen LogP contribution in [0.15, 0.2) is 9.21 Å². The van der Waals surface area contributed by atoms with E-state index in [-0.39, 0.29) is 9.21 Å². The molecule has 0 N–H and O–H groups in total. The predicted octanol–water partition coefficient (Wildman–Crippen LogP) is 2.70. The standard InChI is InChI=1S/C6H5Br2FN2/c1-2-3-10-5(7)4(9)6(8)11-3/h2H2,1H3. The minimum absolute atomic E-state index is 0.205. The Bertz CT molecular complexity index is 254. The van der Waals surface area contributed by atoms with E-state index in [1.807, 2.05) is 6.92 Å². The van der Waals surface area contributed by atoms with Crippen molar-refractivity contribution in [2.45, 2.75) is 13.3 Å². The van der Waals surface area contributed by atoms with E-state index < -0.39 is 5.82 Å². The second kappa shape index (κ2) is 3.58. The third-order valence-electron chi connectivity index (χ3n) is 1.13. The first-order chi connectivity index (χ1) is 5.15. The van der Waals surface area contributed by atoms with E-state index in [9.17, 15) is 4.39 Å². The largest absolute Gasteiger partial charge is 0.223 e. The van der Waals surface area contributed by atoms with E-state index in [0.717, 1.165) is 0 Å². The number of hydrogen-bond acceptors (Lipinski definition) is 2. The molecule has 1 heterocycles. The molecule has 1 rings (SSSR count). The van der Waals surface area contributed by atoms with Gasteiger partial charge in [-0.1, -0.05) is 6.92 Å². The Morgan fingerprint density at radius 2 is 1.73 bits per heavy atom. The molecule has 0 atom stereocenters. The number of aromatic nitrogens is 2. The van der Waals surface area contributed by atoms with Crippen molar-refractivity contribution in [3.63, 3.8) is 0 Å². The van der Waals surface area contributed by atoms with Gasteiger partial charge in [0.25, 0.3) is 0 Å². The molecule has 2 nitrogen and oxygen atoms in total. The Hall–Kier alpha value is -0.0300. The maximum absolute atomic E-state index is 12.8. The Morgan fingerprint density at radius 3 is 2.09 bits per heavy atom. The topological polar surface area (TPSA) is 25.8 Å². The zero-order valence-corrected chi connectivity index (χ0v) is 8.91. The molecule has 5 heteroatoms. The third kappa shape index (κ3) is 1.96. The molecule has 0 fully saturated rings. The summed E-state index contributed by atoms with van der Waals surface area (Å²) in [7, 11) is 0. The molecule has 0 aliphatic rings. The summed E-state index contributed by atoms with van der Waals surface area (Å²) in [5.41, 5.74) is 0. The van der Waals surface area contributed by atoms with E-state index in [4.69, 9.17) is 0 Å². The van der Waals surface area contributed by atoms with E-state index >= 15 is 0 Å². The maximum Gasteiger partial charge on any atom is 0.188 e. The number of rotatable bonds is 1. The van der Waals surface area contributed by atoms with Crippen molar-refractivity contribution >= 4 is 31.9 Å². The quantitative estimate of drug-likeness (QED) is 0.741. The summed E-state index contributed by atoms with van der Waals surface area (Å²) in [4.78, 5) is 7.71. The van der Waals surface area contributed by atoms with E-state index in [1.165, 1.54) is 0 Å². The van der Waals surface area contributed by atoms with Gasteiger partial charge in [-0.2, -0.15) is 0 Å². The van der Waals surface area contributed by atoms with Gasteiger partial charge in [-0.3, -0.25) is 0 Å². The highest BCUT2D eigenvalue weighted by atomic mass is 79.9. The van der Waals surface area contributed by atoms with Gasteiger partial charge >= 0.3 is 0 Å². The zero-order chi connectivity index (χ0) is 8.43. The lowest BCUT2D eigenvalue weighted by Crippen LogP contribution is -1.97. The molecule has 0 aliphatic carbocycles. The van der Waals surface area contributed by atoms with Crippen LogP contribution in [-0.2, 0) is 6.42 Å². The Kier molecular flexibility index (Phi) is 2.95. The highest BCUT2D eigenvalue weighted by Crippen LogP contribution is 2.19. The Morgan fingerprint density at radius 1 is 1.27 bits per heavy atom. The second-order valence-electron chi connectivity index (χ2n) is 1.89. The molecule has 0 aromatic carbocycles. The minimum Gasteiger partial charge on any atom is -0.223 e. The van der Waals surface area contributed by atoms with Gasteiger partial charge in [0.05, 0.1) is 0 Å². The lowest BCUT2D eigenvalue weighted by Gasteiger charge is -1.99. The summed E-state index contributed by atoms with van der Waals surface area (Å²) in [6.07, 6.45) is 0.692. The van der Waals surface area contributed by atoms with Crippen LogP contribution < -0.4 is 0 Å². The number of aryl methyl sites for hydroxylation is 1. The van der Waals surface area contributed by atoms with Gasteiger partial charge in [0.1, 0.15) is 15.0 Å². The van der Waals surface area contributed by atoms with Crippen LogP contribution in [0.5, 0.6) is 0 Å². The van der Waals surface area contributed by atoms with Crippen molar-refractivity contribution in [3.8, 4) is 0 Å². The molecule has 0 bridgehead atoms. The predicted molar refractivity (Wildman–Crippen MR) is 46.8 cm³/mol. The number of halogens is 3. The maximum atomic E-state index is 12.8. The van der Waals surface area contributed by atoms with Gasteiger partial charge in [-0.25, -0.2) is 14.4 Å². The molecule has 0 amide bonds. The minimum atomic E-state index is -0.456. The summed E-state index contributed by atoms with van der Waals surface area (Å²) >= 11 is 5.96. The normalized spacial score (nSPS) is 10.2. The molecule has 0 saturated heterocycles. The molecule has 11 heavy (non-hydrogen) atoms. The fraction of sp³-hybridized carbons (Fsp3) is 0.333. The van der Waals surface area contributed by atoms with Gasteiger partial charge in [0, 0.05) is 6.42 Å². The molecule has 1 aromatic heterocycles. The van der Waals surface area contributed by atoms with Gasteiger partial charge < -0.3 is 0 Å². The van der Waals surface area contributed by atoms with Crippen LogP contribution in [0.3, 0.4) is 0 Å². The molecule has 0 aliphatic heterocycles. The van der Waals surface area contributed by atoms with Crippen LogP contribution in [0.4, 0.5) is 4.39 Å². The van der Waals surface area contributed by atoms with Crippen molar-refractivity contribution < 1.29 is 4.39 Å². The smallest absolute Gasteiger partial charge is 0.188 e. The van der Waals surface area contributed by atoms with Crippen LogP contribution in [0.2, 0.25) is 0 Å². The van der Waals surface area contributed by atoms with E-state index in [1.54, 1.807) is 0 Å². The van der Waals surface area contributed by atoms with Crippen LogP contribution in [-0.4, -0.2) is 9.97 Å². The van der Waals surface area contributed by atoms with Crippen LogP contribution in [0, 0.1) is 5.82 Å². The average Bonchev–Trinajstić information content (AvgIpc) is 1.99. The average molecular weight is 284 g/mol. The van der Waals surface area contributed by atoms with Crippen molar-refractivity contribution in [1.82, 2.24) is 9.97 Å². The molecular formula is C6H5Br2FN2. The zero-order valence-electron chi connectivity index (χ0n) is 5.74. The molecule has 0 unspecified atom stereocenters. The van der Waals surface area contributed by atoms with Crippen molar-refractivity contribution in [2.75, 3.05) is 0 Å². The third-order valence-corrected chi connectivity index (χ3v) is 2.18. The van der Waals surface area contributed by atoms with Crippen LogP contribution in [0.1, 0.15) is 12.7 Å². The molecule has 60 valence electrons. The second-order valence-corrected chi connectivity index (χ2v) is 3.39. The first-order valence-corrected chi connectivity index (χ1v) is 4.61. The fourth-order valence-electron chi connectivity index (χ4n) is 0.593. The Balaban J connectivity index is 3.21. The number of nitrogens with zero attached hydrogens (tertiary/aromatic N) is 2. The highest BCUT2D eigenvalue weighted by Gasteiger charge is 2.08. The molecule has 0 radical (unpaired) electrons. The molecular weight excluding hydrogens is 279 g/mol. The summed E-state index contributed by atoms with van der Waals surface area (Å²) in [5.74, 6) is 0.160. The van der Waals surface area contributed by atoms with Gasteiger partial charge in [0.2, 0.25) is 0 Å². The van der Waals surface area contributed by atoms with Crippen molar-refractivity contribution in [2.24, 2.45) is 0 Å². The Labute approximate surface area is 80.5 Å². The summed E-state index contributed by atoms with van der Waals surface area (Å²) in [5, 5.41) is 0. The van der Waals surface area contributed by atoms with Gasteiger partial charge in [0.15, 0.2) is 5.82 Å². The highest BCUT2D eigenvalue weighted by molar-refractivity contribution is 9.11. The van der Waals surface area contributed by atoms with Crippen molar-refractivity contribution in [3.05, 3.63) is 20.8 Å².